The van der Waals surface area contributed by atoms with Gasteiger partial charge in [0.15, 0.2) is 0 Å². The second-order valence-electron chi connectivity index (χ2n) is 8.37. The molecule has 6 heteroatoms. The van der Waals surface area contributed by atoms with Crippen molar-refractivity contribution in [3.8, 4) is 0 Å². The fourth-order valence-corrected chi connectivity index (χ4v) is 3.39. The van der Waals surface area contributed by atoms with Crippen LogP contribution in [0.2, 0.25) is 0 Å². The van der Waals surface area contributed by atoms with E-state index in [9.17, 15) is 9.59 Å². The van der Waals surface area contributed by atoms with Gasteiger partial charge in [-0.05, 0) is 53.0 Å². The Kier molecular flexibility index (Phi) is 6.88. The Morgan fingerprint density at radius 1 is 1.21 bits per heavy atom. The van der Waals surface area contributed by atoms with E-state index in [2.05, 4.69) is 4.74 Å². The molecule has 154 valence electrons. The molecule has 1 aliphatic rings. The number of carbonyl (C=O) groups is 2. The lowest BCUT2D eigenvalue weighted by Gasteiger charge is -2.35. The van der Waals surface area contributed by atoms with E-state index in [1.165, 1.54) is 13.2 Å². The summed E-state index contributed by atoms with van der Waals surface area (Å²) in [6.45, 7) is 9.25. The van der Waals surface area contributed by atoms with E-state index in [-0.39, 0.29) is 12.1 Å². The molecule has 0 aliphatic carbocycles. The molecule has 0 aromatic heterocycles. The van der Waals surface area contributed by atoms with Gasteiger partial charge in [-0.1, -0.05) is 36.4 Å². The van der Waals surface area contributed by atoms with Gasteiger partial charge in [0.25, 0.3) is 0 Å². The molecule has 2 rings (SSSR count). The number of ether oxygens (including phenoxy) is 3. The summed E-state index contributed by atoms with van der Waals surface area (Å²) in [6, 6.07) is 9.73. The molecular formula is C22H31NO5. The zero-order chi connectivity index (χ0) is 20.9. The van der Waals surface area contributed by atoms with E-state index < -0.39 is 23.4 Å². The Morgan fingerprint density at radius 3 is 2.43 bits per heavy atom. The highest BCUT2D eigenvalue weighted by atomic mass is 16.6. The third-order valence-corrected chi connectivity index (χ3v) is 4.48. The van der Waals surface area contributed by atoms with Crippen LogP contribution in [0.15, 0.2) is 42.5 Å². The van der Waals surface area contributed by atoms with Crippen molar-refractivity contribution in [1.82, 2.24) is 4.90 Å². The van der Waals surface area contributed by atoms with Crippen LogP contribution in [0.4, 0.5) is 4.79 Å². The molecule has 2 unspecified atom stereocenters. The maximum atomic E-state index is 13.0. The third kappa shape index (κ3) is 5.83. The molecule has 28 heavy (non-hydrogen) atoms. The molecule has 0 spiro atoms. The predicted molar refractivity (Wildman–Crippen MR) is 107 cm³/mol. The van der Waals surface area contributed by atoms with Crippen LogP contribution in [-0.4, -0.2) is 47.5 Å². The van der Waals surface area contributed by atoms with Crippen LogP contribution in [0.5, 0.6) is 0 Å². The first-order valence-electron chi connectivity index (χ1n) is 9.52. The lowest BCUT2D eigenvalue weighted by Crippen LogP contribution is -2.51. The van der Waals surface area contributed by atoms with Crippen molar-refractivity contribution in [2.75, 3.05) is 7.11 Å². The fourth-order valence-electron chi connectivity index (χ4n) is 3.39. The molecule has 1 aromatic rings. The summed E-state index contributed by atoms with van der Waals surface area (Å²) >= 11 is 0. The minimum Gasteiger partial charge on any atom is -0.466 e. The van der Waals surface area contributed by atoms with Crippen LogP contribution in [-0.2, 0) is 25.4 Å². The Morgan fingerprint density at radius 2 is 1.86 bits per heavy atom. The maximum Gasteiger partial charge on any atom is 0.412 e. The quantitative estimate of drug-likeness (QED) is 0.561. The van der Waals surface area contributed by atoms with Gasteiger partial charge in [0.1, 0.15) is 11.3 Å². The summed E-state index contributed by atoms with van der Waals surface area (Å²) in [4.78, 5) is 26.0. The largest absolute Gasteiger partial charge is 0.466 e. The molecule has 1 heterocycles. The maximum absolute atomic E-state index is 13.0. The van der Waals surface area contributed by atoms with Crippen molar-refractivity contribution >= 4 is 12.1 Å². The normalized spacial score (nSPS) is 21.7. The molecule has 1 saturated heterocycles. The fraction of sp³-hybridized carbons (Fsp3) is 0.545. The number of hydrogen-bond donors (Lipinski definition) is 0. The standard InChI is InChI=1S/C22H31NO5/c1-21(2,3)28-20(25)23-17(15-16-11-8-7-9-12-16)18(27-22(23,4)5)13-10-14-19(24)26-6/h7-12,14,17-18H,13,15H2,1-6H3. The van der Waals surface area contributed by atoms with Crippen LogP contribution in [0.25, 0.3) is 0 Å². The van der Waals surface area contributed by atoms with Crippen molar-refractivity contribution < 1.29 is 23.8 Å². The molecule has 1 aliphatic heterocycles. The Bertz CT molecular complexity index is 705. The number of carbonyl (C=O) groups excluding carboxylic acids is 2. The summed E-state index contributed by atoms with van der Waals surface area (Å²) < 4.78 is 16.5. The van der Waals surface area contributed by atoms with E-state index in [0.717, 1.165) is 5.56 Å². The smallest absolute Gasteiger partial charge is 0.412 e. The summed E-state index contributed by atoms with van der Waals surface area (Å²) in [5.74, 6) is -0.416. The number of methoxy groups -OCH3 is 1. The van der Waals surface area contributed by atoms with E-state index >= 15 is 0 Å². The van der Waals surface area contributed by atoms with Gasteiger partial charge in [-0.25, -0.2) is 9.59 Å². The number of rotatable bonds is 5. The number of nitrogens with zero attached hydrogens (tertiary/aromatic N) is 1. The minimum absolute atomic E-state index is 0.227. The summed E-state index contributed by atoms with van der Waals surface area (Å²) in [5, 5.41) is 0. The Balaban J connectivity index is 2.29. The van der Waals surface area contributed by atoms with Gasteiger partial charge < -0.3 is 14.2 Å². The third-order valence-electron chi connectivity index (χ3n) is 4.48. The summed E-state index contributed by atoms with van der Waals surface area (Å²) in [5.41, 5.74) is -0.330. The number of hydrogen-bond acceptors (Lipinski definition) is 5. The van der Waals surface area contributed by atoms with Crippen molar-refractivity contribution in [1.29, 1.82) is 0 Å². The van der Waals surface area contributed by atoms with Crippen molar-refractivity contribution in [2.45, 2.75) is 70.9 Å². The van der Waals surface area contributed by atoms with Crippen molar-refractivity contribution in [2.24, 2.45) is 0 Å². The SMILES string of the molecule is COC(=O)C=CCC1OC(C)(C)N(C(=O)OC(C)(C)C)C1Cc1ccccc1. The van der Waals surface area contributed by atoms with Gasteiger partial charge >= 0.3 is 12.1 Å². The van der Waals surface area contributed by atoms with Crippen LogP contribution in [0.3, 0.4) is 0 Å². The number of benzene rings is 1. The minimum atomic E-state index is -0.828. The Labute approximate surface area is 167 Å². The average Bonchev–Trinajstić information content (AvgIpc) is 2.84. The first kappa shape index (κ1) is 22.0. The highest BCUT2D eigenvalue weighted by molar-refractivity contribution is 5.81. The molecule has 1 fully saturated rings. The highest BCUT2D eigenvalue weighted by Crippen LogP contribution is 2.36. The van der Waals surface area contributed by atoms with E-state index in [1.807, 2.05) is 65.0 Å². The molecule has 1 aromatic carbocycles. The van der Waals surface area contributed by atoms with Crippen LogP contribution in [0, 0.1) is 0 Å². The molecule has 0 bridgehead atoms. The van der Waals surface area contributed by atoms with Gasteiger partial charge in [0.2, 0.25) is 0 Å². The van der Waals surface area contributed by atoms with Crippen LogP contribution >= 0.6 is 0 Å². The van der Waals surface area contributed by atoms with Gasteiger partial charge in [0.05, 0.1) is 19.3 Å². The molecule has 1 amide bonds. The molecule has 0 radical (unpaired) electrons. The summed E-state index contributed by atoms with van der Waals surface area (Å²) in [6.07, 6.45) is 3.53. The van der Waals surface area contributed by atoms with Crippen molar-refractivity contribution in [3.63, 3.8) is 0 Å². The first-order chi connectivity index (χ1) is 13.0. The molecule has 6 nitrogen and oxygen atoms in total. The monoisotopic (exact) mass is 389 g/mol. The number of esters is 1. The molecule has 0 saturated carbocycles. The van der Waals surface area contributed by atoms with Gasteiger partial charge in [-0.15, -0.1) is 0 Å². The lowest BCUT2D eigenvalue weighted by atomic mass is 9.98. The van der Waals surface area contributed by atoms with E-state index in [1.54, 1.807) is 11.0 Å². The first-order valence-corrected chi connectivity index (χ1v) is 9.52. The summed E-state index contributed by atoms with van der Waals surface area (Å²) in [7, 11) is 1.34. The van der Waals surface area contributed by atoms with Gasteiger partial charge in [-0.3, -0.25) is 4.90 Å². The molecule has 2 atom stereocenters. The predicted octanol–water partition coefficient (Wildman–Crippen LogP) is 4.09. The topological polar surface area (TPSA) is 65.1 Å². The molecule has 0 N–H and O–H groups in total. The van der Waals surface area contributed by atoms with Crippen LogP contribution in [0.1, 0.15) is 46.6 Å². The zero-order valence-corrected chi connectivity index (χ0v) is 17.6. The van der Waals surface area contributed by atoms with Crippen LogP contribution < -0.4 is 0 Å². The lowest BCUT2D eigenvalue weighted by molar-refractivity contribution is -0.134. The van der Waals surface area contributed by atoms with E-state index in [4.69, 9.17) is 9.47 Å². The highest BCUT2D eigenvalue weighted by Gasteiger charge is 2.50. The second-order valence-corrected chi connectivity index (χ2v) is 8.37. The zero-order valence-electron chi connectivity index (χ0n) is 17.6. The van der Waals surface area contributed by atoms with Crippen molar-refractivity contribution in [3.05, 3.63) is 48.0 Å². The Hall–Kier alpha value is -2.34. The second kappa shape index (κ2) is 8.78. The number of amides is 1. The average molecular weight is 389 g/mol. The van der Waals surface area contributed by atoms with Gasteiger partial charge in [-0.2, -0.15) is 0 Å². The van der Waals surface area contributed by atoms with E-state index in [0.29, 0.717) is 12.8 Å². The molecular weight excluding hydrogens is 358 g/mol. The van der Waals surface area contributed by atoms with Gasteiger partial charge in [0, 0.05) is 6.08 Å².